The highest BCUT2D eigenvalue weighted by atomic mass is 79.9. The number of rotatable bonds is 4. The van der Waals surface area contributed by atoms with Crippen LogP contribution in [0.15, 0.2) is 34.8 Å². The smallest absolute Gasteiger partial charge is 0.312 e. The highest BCUT2D eigenvalue weighted by Gasteiger charge is 2.21. The number of hydrogen-bond donors (Lipinski definition) is 0. The van der Waals surface area contributed by atoms with Crippen LogP contribution in [-0.2, 0) is 5.33 Å². The summed E-state index contributed by atoms with van der Waals surface area (Å²) in [5, 5.41) is 11.8. The summed E-state index contributed by atoms with van der Waals surface area (Å²) in [7, 11) is 0. The van der Waals surface area contributed by atoms with E-state index in [1.807, 2.05) is 0 Å². The van der Waals surface area contributed by atoms with Gasteiger partial charge in [-0.2, -0.15) is 0 Å². The van der Waals surface area contributed by atoms with Crippen molar-refractivity contribution in [1.29, 1.82) is 0 Å². The number of para-hydroxylation sites is 1. The number of ether oxygens (including phenoxy) is 1. The summed E-state index contributed by atoms with van der Waals surface area (Å²) in [6.07, 6.45) is 0. The zero-order valence-electron chi connectivity index (χ0n) is 10.3. The molecule has 2 rings (SSSR count). The van der Waals surface area contributed by atoms with Crippen LogP contribution in [0.1, 0.15) is 5.56 Å². The third-order valence-electron chi connectivity index (χ3n) is 2.60. The Morgan fingerprint density at radius 2 is 2.10 bits per heavy atom. The molecular weight excluding hydrogens is 432 g/mol. The molecule has 0 fully saturated rings. The fourth-order valence-corrected chi connectivity index (χ4v) is 2.63. The van der Waals surface area contributed by atoms with Crippen molar-refractivity contribution >= 4 is 49.1 Å². The van der Waals surface area contributed by atoms with Crippen molar-refractivity contribution in [2.75, 3.05) is 0 Å². The van der Waals surface area contributed by atoms with Crippen molar-refractivity contribution in [2.24, 2.45) is 0 Å². The summed E-state index contributed by atoms with van der Waals surface area (Å²) < 4.78 is 19.1. The minimum absolute atomic E-state index is 0.0126. The van der Waals surface area contributed by atoms with Crippen LogP contribution in [0.5, 0.6) is 11.5 Å². The molecule has 0 aromatic heterocycles. The number of nitro benzene ring substituents is 1. The molecule has 0 unspecified atom stereocenters. The molecule has 110 valence electrons. The van der Waals surface area contributed by atoms with Crippen molar-refractivity contribution in [3.05, 3.63) is 61.3 Å². The minimum atomic E-state index is -0.664. The Bertz CT molecular complexity index is 712. The largest absolute Gasteiger partial charge is 0.448 e. The van der Waals surface area contributed by atoms with Crippen molar-refractivity contribution in [3.8, 4) is 11.5 Å². The fraction of sp³-hybridized carbons (Fsp3) is 0.0769. The molecule has 0 aliphatic heterocycles. The van der Waals surface area contributed by atoms with Gasteiger partial charge in [0.1, 0.15) is 11.6 Å². The van der Waals surface area contributed by atoms with Gasteiger partial charge in [-0.05, 0) is 22.0 Å². The number of alkyl halides is 1. The molecule has 0 aliphatic rings. The fourth-order valence-electron chi connectivity index (χ4n) is 1.63. The number of halogens is 4. The van der Waals surface area contributed by atoms with Gasteiger partial charge in [-0.25, -0.2) is 4.39 Å². The molecule has 2 aromatic carbocycles. The molecule has 0 amide bonds. The minimum Gasteiger partial charge on any atom is -0.448 e. The summed E-state index contributed by atoms with van der Waals surface area (Å²) in [4.78, 5) is 10.4. The van der Waals surface area contributed by atoms with E-state index in [-0.39, 0.29) is 26.7 Å². The zero-order valence-corrected chi connectivity index (χ0v) is 14.2. The Balaban J connectivity index is 2.54. The monoisotopic (exact) mass is 437 g/mol. The highest BCUT2D eigenvalue weighted by molar-refractivity contribution is 9.10. The standard InChI is InChI=1S/C13H7Br2ClFNO3/c14-6-7-2-1-3-9(16)13(7)21-12-5-10(17)8(15)4-11(12)18(19)20/h1-5H,6H2. The quantitative estimate of drug-likeness (QED) is 0.342. The van der Waals surface area contributed by atoms with Crippen LogP contribution in [0, 0.1) is 15.9 Å². The van der Waals surface area contributed by atoms with E-state index in [1.165, 1.54) is 0 Å². The van der Waals surface area contributed by atoms with Gasteiger partial charge in [0.05, 0.1) is 14.4 Å². The second-order valence-electron chi connectivity index (χ2n) is 3.95. The molecular formula is C13H7Br2ClFNO3. The van der Waals surface area contributed by atoms with Crippen molar-refractivity contribution < 1.29 is 14.1 Å². The van der Waals surface area contributed by atoms with Gasteiger partial charge in [-0.3, -0.25) is 10.1 Å². The van der Waals surface area contributed by atoms with Crippen molar-refractivity contribution in [1.82, 2.24) is 0 Å². The lowest BCUT2D eigenvalue weighted by atomic mass is 10.2. The van der Waals surface area contributed by atoms with Crippen LogP contribution >= 0.6 is 43.5 Å². The Labute approximate surface area is 141 Å². The number of hydrogen-bond acceptors (Lipinski definition) is 3. The van der Waals surface area contributed by atoms with E-state index in [1.54, 1.807) is 18.2 Å². The molecule has 0 saturated carbocycles. The van der Waals surface area contributed by atoms with E-state index in [2.05, 4.69) is 31.9 Å². The first-order chi connectivity index (χ1) is 9.93. The second-order valence-corrected chi connectivity index (χ2v) is 5.78. The van der Waals surface area contributed by atoms with Crippen LogP contribution in [0.25, 0.3) is 0 Å². The summed E-state index contributed by atoms with van der Waals surface area (Å²) in [6.45, 7) is 0. The normalized spacial score (nSPS) is 10.5. The van der Waals surface area contributed by atoms with E-state index < -0.39 is 10.7 Å². The predicted molar refractivity (Wildman–Crippen MR) is 84.9 cm³/mol. The Kier molecular flexibility index (Phi) is 5.18. The maximum atomic E-state index is 13.6. The van der Waals surface area contributed by atoms with Crippen LogP contribution < -0.4 is 4.74 Å². The summed E-state index contributed by atoms with van der Waals surface area (Å²) >= 11 is 12.2. The van der Waals surface area contributed by atoms with E-state index in [0.717, 1.165) is 12.1 Å². The number of nitrogens with zero attached hydrogens (tertiary/aromatic N) is 1. The van der Waals surface area contributed by atoms with Gasteiger partial charge in [-0.1, -0.05) is 39.7 Å². The van der Waals surface area contributed by atoms with Gasteiger partial charge in [-0.15, -0.1) is 0 Å². The van der Waals surface area contributed by atoms with E-state index >= 15 is 0 Å². The van der Waals surface area contributed by atoms with Crippen LogP contribution in [0.3, 0.4) is 0 Å². The molecule has 0 saturated heterocycles. The van der Waals surface area contributed by atoms with Crippen molar-refractivity contribution in [2.45, 2.75) is 5.33 Å². The topological polar surface area (TPSA) is 52.4 Å². The van der Waals surface area contributed by atoms with Gasteiger partial charge in [0.15, 0.2) is 0 Å². The summed E-state index contributed by atoms with van der Waals surface area (Å²) in [5.74, 6) is -0.625. The van der Waals surface area contributed by atoms with Crippen molar-refractivity contribution in [3.63, 3.8) is 0 Å². The van der Waals surface area contributed by atoms with E-state index in [4.69, 9.17) is 16.3 Å². The van der Waals surface area contributed by atoms with Gasteiger partial charge in [0.25, 0.3) is 0 Å². The van der Waals surface area contributed by atoms with Crippen LogP contribution in [0.4, 0.5) is 10.1 Å². The predicted octanol–water partition coefficient (Wildman–Crippen LogP) is 5.84. The van der Waals surface area contributed by atoms with Gasteiger partial charge < -0.3 is 4.74 Å². The molecule has 8 heteroatoms. The molecule has 0 N–H and O–H groups in total. The Morgan fingerprint density at radius 1 is 1.38 bits per heavy atom. The van der Waals surface area contributed by atoms with E-state index in [0.29, 0.717) is 10.9 Å². The molecule has 2 aromatic rings. The molecule has 0 bridgehead atoms. The third-order valence-corrected chi connectivity index (χ3v) is 4.11. The lowest BCUT2D eigenvalue weighted by Crippen LogP contribution is -1.97. The Hall–Kier alpha value is -1.18. The summed E-state index contributed by atoms with van der Waals surface area (Å²) in [6, 6.07) is 7.06. The molecule has 0 atom stereocenters. The maximum Gasteiger partial charge on any atom is 0.312 e. The first-order valence-electron chi connectivity index (χ1n) is 5.58. The van der Waals surface area contributed by atoms with Gasteiger partial charge in [0.2, 0.25) is 5.75 Å². The van der Waals surface area contributed by atoms with Gasteiger partial charge in [0, 0.05) is 23.0 Å². The molecule has 21 heavy (non-hydrogen) atoms. The average Bonchev–Trinajstić information content (AvgIpc) is 2.44. The van der Waals surface area contributed by atoms with Crippen LogP contribution in [0.2, 0.25) is 5.02 Å². The highest BCUT2D eigenvalue weighted by Crippen LogP contribution is 2.39. The number of benzene rings is 2. The molecule has 4 nitrogen and oxygen atoms in total. The van der Waals surface area contributed by atoms with E-state index in [9.17, 15) is 14.5 Å². The van der Waals surface area contributed by atoms with Gasteiger partial charge >= 0.3 is 5.69 Å². The third kappa shape index (κ3) is 3.53. The maximum absolute atomic E-state index is 13.6. The summed E-state index contributed by atoms with van der Waals surface area (Å²) in [5.41, 5.74) is 0.337. The number of nitro groups is 1. The molecule has 0 radical (unpaired) electrons. The Morgan fingerprint density at radius 3 is 2.71 bits per heavy atom. The SMILES string of the molecule is O=[N+]([O-])c1cc(Br)c(F)cc1Oc1c(Cl)cccc1CBr. The first kappa shape index (κ1) is 16.2. The molecule has 0 heterocycles. The second kappa shape index (κ2) is 6.72. The molecule has 0 spiro atoms. The van der Waals surface area contributed by atoms with Crippen LogP contribution in [-0.4, -0.2) is 4.92 Å². The molecule has 0 aliphatic carbocycles. The lowest BCUT2D eigenvalue weighted by Gasteiger charge is -2.12. The lowest BCUT2D eigenvalue weighted by molar-refractivity contribution is -0.385. The first-order valence-corrected chi connectivity index (χ1v) is 7.88. The zero-order chi connectivity index (χ0) is 15.6. The average molecular weight is 439 g/mol.